The number of carbonyl (C=O) groups excluding carboxylic acids is 1. The number of benzene rings is 2. The van der Waals surface area contributed by atoms with Crippen LogP contribution >= 0.6 is 0 Å². The van der Waals surface area contributed by atoms with Crippen LogP contribution in [0.4, 0.5) is 13.2 Å². The number of hydrogen-bond donors (Lipinski definition) is 2. The van der Waals surface area contributed by atoms with Crippen molar-refractivity contribution in [2.45, 2.75) is 31.5 Å². The van der Waals surface area contributed by atoms with E-state index in [4.69, 9.17) is 0 Å². The lowest BCUT2D eigenvalue weighted by atomic mass is 10.2. The van der Waals surface area contributed by atoms with Crippen LogP contribution in [-0.2, 0) is 27.5 Å². The quantitative estimate of drug-likeness (QED) is 0.560. The van der Waals surface area contributed by atoms with E-state index in [2.05, 4.69) is 10.4 Å². The Bertz CT molecular complexity index is 1220. The molecule has 0 spiro atoms. The number of alkyl halides is 3. The van der Waals surface area contributed by atoms with Crippen molar-refractivity contribution in [3.63, 3.8) is 0 Å². The minimum atomic E-state index is -4.68. The lowest BCUT2D eigenvalue weighted by molar-refractivity contribution is -0.137. The normalized spacial score (nSPS) is 12.0. The first-order valence-corrected chi connectivity index (χ1v) is 11.0. The van der Waals surface area contributed by atoms with E-state index in [0.29, 0.717) is 11.8 Å². The van der Waals surface area contributed by atoms with E-state index in [9.17, 15) is 26.4 Å². The Labute approximate surface area is 183 Å². The molecule has 1 aromatic heterocycles. The number of nitrogens with zero attached hydrogens (tertiary/aromatic N) is 2. The van der Waals surface area contributed by atoms with Crippen molar-refractivity contribution in [1.29, 1.82) is 0 Å². The first kappa shape index (κ1) is 23.5. The van der Waals surface area contributed by atoms with Gasteiger partial charge < -0.3 is 5.32 Å². The van der Waals surface area contributed by atoms with Gasteiger partial charge in [-0.25, -0.2) is 17.8 Å². The number of sulfonamides is 1. The summed E-state index contributed by atoms with van der Waals surface area (Å²) in [5, 5.41) is 7.08. The Balaban J connectivity index is 1.63. The fraction of sp³-hybridized carbons (Fsp3) is 0.238. The van der Waals surface area contributed by atoms with E-state index in [0.717, 1.165) is 35.1 Å². The van der Waals surface area contributed by atoms with Gasteiger partial charge in [-0.15, -0.1) is 0 Å². The minimum Gasteiger partial charge on any atom is -0.351 e. The summed E-state index contributed by atoms with van der Waals surface area (Å²) in [5.41, 5.74) is 2.07. The summed E-state index contributed by atoms with van der Waals surface area (Å²) in [4.78, 5) is 11.6. The Morgan fingerprint density at radius 3 is 2.41 bits per heavy atom. The molecule has 0 radical (unpaired) electrons. The van der Waals surface area contributed by atoms with Crippen LogP contribution < -0.4 is 10.0 Å². The second kappa shape index (κ2) is 9.13. The first-order chi connectivity index (χ1) is 15.0. The van der Waals surface area contributed by atoms with Gasteiger partial charge in [-0.2, -0.15) is 18.3 Å². The smallest absolute Gasteiger partial charge is 0.351 e. The van der Waals surface area contributed by atoms with Gasteiger partial charge in [-0.1, -0.05) is 24.3 Å². The van der Waals surface area contributed by atoms with Gasteiger partial charge in [0.2, 0.25) is 15.9 Å². The van der Waals surface area contributed by atoms with Crippen molar-refractivity contribution in [3.8, 4) is 5.69 Å². The average Bonchev–Trinajstić information content (AvgIpc) is 3.04. The molecule has 0 aliphatic carbocycles. The van der Waals surface area contributed by atoms with Gasteiger partial charge in [0.25, 0.3) is 0 Å². The van der Waals surface area contributed by atoms with Crippen LogP contribution in [0.3, 0.4) is 0 Å². The number of aromatic nitrogens is 2. The molecule has 0 bridgehead atoms. The molecule has 2 N–H and O–H groups in total. The molecule has 0 fully saturated rings. The number of nitrogens with one attached hydrogen (secondary N) is 2. The molecular formula is C21H21F3N4O3S. The fourth-order valence-corrected chi connectivity index (χ4v) is 4.11. The number of amides is 1. The van der Waals surface area contributed by atoms with Crippen molar-refractivity contribution in [3.05, 3.63) is 77.1 Å². The second-order valence-corrected chi connectivity index (χ2v) is 8.79. The predicted molar refractivity (Wildman–Crippen MR) is 112 cm³/mol. The highest BCUT2D eigenvalue weighted by Crippen LogP contribution is 2.30. The highest BCUT2D eigenvalue weighted by molar-refractivity contribution is 7.89. The molecule has 0 saturated heterocycles. The lowest BCUT2D eigenvalue weighted by Gasteiger charge is -2.11. The molecule has 3 aromatic rings. The third kappa shape index (κ3) is 5.35. The number of para-hydroxylation sites is 1. The largest absolute Gasteiger partial charge is 0.416 e. The van der Waals surface area contributed by atoms with Crippen molar-refractivity contribution < 1.29 is 26.4 Å². The molecule has 32 heavy (non-hydrogen) atoms. The van der Waals surface area contributed by atoms with Gasteiger partial charge in [-0.3, -0.25) is 4.79 Å². The van der Waals surface area contributed by atoms with Crippen LogP contribution in [0.15, 0.2) is 59.5 Å². The summed E-state index contributed by atoms with van der Waals surface area (Å²) in [6.07, 6.45) is -4.68. The van der Waals surface area contributed by atoms with E-state index in [-0.39, 0.29) is 6.54 Å². The molecule has 7 nitrogen and oxygen atoms in total. The zero-order valence-corrected chi connectivity index (χ0v) is 18.1. The Kier molecular flexibility index (Phi) is 6.70. The highest BCUT2D eigenvalue weighted by atomic mass is 32.2. The Morgan fingerprint density at radius 2 is 1.75 bits per heavy atom. The molecule has 170 valence electrons. The molecular weight excluding hydrogens is 445 g/mol. The van der Waals surface area contributed by atoms with E-state index >= 15 is 0 Å². The maximum absolute atomic E-state index is 12.8. The van der Waals surface area contributed by atoms with E-state index in [1.807, 2.05) is 42.0 Å². The van der Waals surface area contributed by atoms with E-state index in [1.165, 1.54) is 0 Å². The number of carbonyl (C=O) groups is 1. The zero-order valence-electron chi connectivity index (χ0n) is 17.3. The first-order valence-electron chi connectivity index (χ1n) is 9.53. The Hall–Kier alpha value is -3.18. The van der Waals surface area contributed by atoms with Crippen LogP contribution in [0, 0.1) is 13.8 Å². The van der Waals surface area contributed by atoms with Crippen LogP contribution in [0.2, 0.25) is 0 Å². The lowest BCUT2D eigenvalue weighted by Crippen LogP contribution is -2.36. The molecule has 3 rings (SSSR count). The summed E-state index contributed by atoms with van der Waals surface area (Å²) in [6.45, 7) is 3.15. The third-order valence-electron chi connectivity index (χ3n) is 4.80. The van der Waals surface area contributed by atoms with E-state index < -0.39 is 39.1 Å². The number of halogens is 3. The van der Waals surface area contributed by atoms with Crippen LogP contribution in [-0.4, -0.2) is 30.7 Å². The molecule has 0 aliphatic rings. The molecule has 2 aromatic carbocycles. The standard InChI is InChI=1S/C21H21F3N4O3S/c1-14-19(15(2)28(27-14)17-8-4-3-5-9-17)12-25-20(29)13-26-32(30,31)18-10-6-7-16(11-18)21(22,23)24/h3-11,26H,12-13H2,1-2H3,(H,25,29). The van der Waals surface area contributed by atoms with E-state index in [1.54, 1.807) is 11.6 Å². The maximum Gasteiger partial charge on any atom is 0.416 e. The second-order valence-electron chi connectivity index (χ2n) is 7.02. The highest BCUT2D eigenvalue weighted by Gasteiger charge is 2.31. The van der Waals surface area contributed by atoms with Gasteiger partial charge in [0.15, 0.2) is 0 Å². The van der Waals surface area contributed by atoms with Crippen LogP contribution in [0.5, 0.6) is 0 Å². The SMILES string of the molecule is Cc1nn(-c2ccccc2)c(C)c1CNC(=O)CNS(=O)(=O)c1cccc(C(F)(F)F)c1. The monoisotopic (exact) mass is 466 g/mol. The molecule has 0 saturated carbocycles. The third-order valence-corrected chi connectivity index (χ3v) is 6.20. The summed E-state index contributed by atoms with van der Waals surface area (Å²) >= 11 is 0. The van der Waals surface area contributed by atoms with Crippen LogP contribution in [0.25, 0.3) is 5.69 Å². The Morgan fingerprint density at radius 1 is 1.06 bits per heavy atom. The molecule has 0 unspecified atom stereocenters. The molecule has 0 atom stereocenters. The summed E-state index contributed by atoms with van der Waals surface area (Å²) in [5.74, 6) is -0.633. The van der Waals surface area contributed by atoms with Crippen LogP contribution in [0.1, 0.15) is 22.5 Å². The van der Waals surface area contributed by atoms with Crippen molar-refractivity contribution in [2.75, 3.05) is 6.54 Å². The number of aryl methyl sites for hydroxylation is 1. The van der Waals surface area contributed by atoms with Crippen molar-refractivity contribution >= 4 is 15.9 Å². The average molecular weight is 466 g/mol. The molecule has 11 heteroatoms. The maximum atomic E-state index is 12.8. The summed E-state index contributed by atoms with van der Waals surface area (Å²) in [6, 6.07) is 12.7. The van der Waals surface area contributed by atoms with Gasteiger partial charge in [0.05, 0.1) is 28.4 Å². The van der Waals surface area contributed by atoms with Gasteiger partial charge in [-0.05, 0) is 44.2 Å². The van der Waals surface area contributed by atoms with Crippen molar-refractivity contribution in [1.82, 2.24) is 19.8 Å². The summed E-state index contributed by atoms with van der Waals surface area (Å²) < 4.78 is 66.8. The molecule has 1 heterocycles. The molecule has 1 amide bonds. The van der Waals surface area contributed by atoms with Gasteiger partial charge in [0.1, 0.15) is 0 Å². The van der Waals surface area contributed by atoms with Gasteiger partial charge in [0, 0.05) is 17.8 Å². The number of rotatable bonds is 7. The fourth-order valence-electron chi connectivity index (χ4n) is 3.08. The zero-order chi connectivity index (χ0) is 23.5. The van der Waals surface area contributed by atoms with Crippen molar-refractivity contribution in [2.24, 2.45) is 0 Å². The predicted octanol–water partition coefficient (Wildman–Crippen LogP) is 3.10. The molecule has 0 aliphatic heterocycles. The number of hydrogen-bond acceptors (Lipinski definition) is 4. The minimum absolute atomic E-state index is 0.120. The van der Waals surface area contributed by atoms with Gasteiger partial charge >= 0.3 is 6.18 Å². The summed E-state index contributed by atoms with van der Waals surface area (Å²) in [7, 11) is -4.30. The topological polar surface area (TPSA) is 93.1 Å².